The van der Waals surface area contributed by atoms with Gasteiger partial charge in [-0.3, -0.25) is 10.1 Å². The molecule has 174 valence electrons. The molecule has 0 saturated carbocycles. The highest BCUT2D eigenvalue weighted by atomic mass is 35.5. The lowest BCUT2D eigenvalue weighted by atomic mass is 9.88. The number of rotatable bonds is 5. The monoisotopic (exact) mass is 494 g/mol. The van der Waals surface area contributed by atoms with Crippen LogP contribution in [-0.4, -0.2) is 45.3 Å². The van der Waals surface area contributed by atoms with Crippen LogP contribution in [0.25, 0.3) is 22.2 Å². The minimum atomic E-state index is -0.342. The van der Waals surface area contributed by atoms with E-state index in [1.807, 2.05) is 31.3 Å². The highest BCUT2D eigenvalue weighted by molar-refractivity contribution is 6.35. The standard InChI is InChI=1S/C25H24Cl2N6O/c1-15(23-19(26)11-28-12-20(23)27)34-17-4-5-21-18(9-17)24(32-31-21)16-3-6-22(29-10-16)33-13-25(14-33)7-2-8-30-25/h3-6,9-12,15,30H,2,7-8,13-14H2,1H3,(H,31,32)/t15-/m1/s1. The summed E-state index contributed by atoms with van der Waals surface area (Å²) >= 11 is 12.6. The number of benzene rings is 1. The first-order chi connectivity index (χ1) is 16.5. The van der Waals surface area contributed by atoms with Crippen molar-refractivity contribution < 1.29 is 4.74 Å². The second-order valence-corrected chi connectivity index (χ2v) is 9.94. The van der Waals surface area contributed by atoms with Crippen molar-refractivity contribution in [1.29, 1.82) is 0 Å². The maximum Gasteiger partial charge on any atom is 0.128 e. The van der Waals surface area contributed by atoms with Crippen LogP contribution >= 0.6 is 23.2 Å². The molecule has 6 rings (SSSR count). The fourth-order valence-electron chi connectivity index (χ4n) is 5.06. The first-order valence-electron chi connectivity index (χ1n) is 11.4. The van der Waals surface area contributed by atoms with E-state index in [9.17, 15) is 0 Å². The summed E-state index contributed by atoms with van der Waals surface area (Å²) in [6.45, 7) is 5.08. The van der Waals surface area contributed by atoms with Gasteiger partial charge < -0.3 is 15.0 Å². The molecule has 34 heavy (non-hydrogen) atoms. The van der Waals surface area contributed by atoms with Gasteiger partial charge in [-0.2, -0.15) is 5.10 Å². The highest BCUT2D eigenvalue weighted by Gasteiger charge is 2.45. The lowest BCUT2D eigenvalue weighted by Crippen LogP contribution is -2.67. The third-order valence-electron chi connectivity index (χ3n) is 6.81. The van der Waals surface area contributed by atoms with Crippen LogP contribution in [0.1, 0.15) is 31.4 Å². The van der Waals surface area contributed by atoms with Crippen LogP contribution in [0.3, 0.4) is 0 Å². The molecule has 2 aliphatic heterocycles. The SMILES string of the molecule is C[C@@H](Oc1ccc2[nH]nc(-c3ccc(N4CC5(CCCN5)C4)nc3)c2c1)c1c(Cl)cncc1Cl. The number of hydrogen-bond acceptors (Lipinski definition) is 6. The number of pyridine rings is 2. The molecule has 2 saturated heterocycles. The van der Waals surface area contributed by atoms with Gasteiger partial charge in [-0.25, -0.2) is 4.98 Å². The molecular weight excluding hydrogens is 471 g/mol. The number of halogens is 2. The lowest BCUT2D eigenvalue weighted by Gasteiger charge is -2.49. The molecule has 2 N–H and O–H groups in total. The normalized spacial score (nSPS) is 17.8. The highest BCUT2D eigenvalue weighted by Crippen LogP contribution is 2.36. The summed E-state index contributed by atoms with van der Waals surface area (Å²) in [7, 11) is 0. The second kappa shape index (κ2) is 8.41. The molecule has 2 aliphatic rings. The Morgan fingerprint density at radius 1 is 1.09 bits per heavy atom. The van der Waals surface area contributed by atoms with Crippen molar-refractivity contribution in [2.75, 3.05) is 24.5 Å². The molecule has 0 radical (unpaired) electrons. The number of nitrogens with zero attached hydrogens (tertiary/aromatic N) is 4. The first-order valence-corrected chi connectivity index (χ1v) is 12.2. The third-order valence-corrected chi connectivity index (χ3v) is 7.41. The zero-order valence-electron chi connectivity index (χ0n) is 18.7. The van der Waals surface area contributed by atoms with Crippen molar-refractivity contribution in [3.8, 4) is 17.0 Å². The fourth-order valence-corrected chi connectivity index (χ4v) is 5.73. The van der Waals surface area contributed by atoms with Gasteiger partial charge in [0.1, 0.15) is 23.4 Å². The fraction of sp³-hybridized carbons (Fsp3) is 0.320. The first kappa shape index (κ1) is 21.6. The molecule has 0 amide bonds. The number of aromatic amines is 1. The van der Waals surface area contributed by atoms with E-state index in [1.54, 1.807) is 12.4 Å². The predicted octanol–water partition coefficient (Wildman–Crippen LogP) is 5.41. The van der Waals surface area contributed by atoms with Crippen LogP contribution in [0.4, 0.5) is 5.82 Å². The zero-order chi connectivity index (χ0) is 23.3. The summed E-state index contributed by atoms with van der Waals surface area (Å²) in [4.78, 5) is 11.1. The molecule has 3 aromatic heterocycles. The summed E-state index contributed by atoms with van der Waals surface area (Å²) < 4.78 is 6.18. The number of H-pyrrole nitrogens is 1. The average Bonchev–Trinajstić information content (AvgIpc) is 3.46. The molecule has 7 nitrogen and oxygen atoms in total. The van der Waals surface area contributed by atoms with Gasteiger partial charge in [0.05, 0.1) is 21.1 Å². The number of ether oxygens (including phenoxy) is 1. The van der Waals surface area contributed by atoms with Crippen LogP contribution in [-0.2, 0) is 0 Å². The predicted molar refractivity (Wildman–Crippen MR) is 135 cm³/mol. The number of anilines is 1. The van der Waals surface area contributed by atoms with Gasteiger partial charge in [0.15, 0.2) is 0 Å². The van der Waals surface area contributed by atoms with Gasteiger partial charge in [0.25, 0.3) is 0 Å². The largest absolute Gasteiger partial charge is 0.486 e. The van der Waals surface area contributed by atoms with Gasteiger partial charge in [-0.1, -0.05) is 23.2 Å². The van der Waals surface area contributed by atoms with Crippen molar-refractivity contribution >= 4 is 39.9 Å². The van der Waals surface area contributed by atoms with Crippen molar-refractivity contribution in [3.05, 3.63) is 64.5 Å². The number of fused-ring (bicyclic) bond motifs is 1. The molecule has 2 fully saturated rings. The van der Waals surface area contributed by atoms with E-state index in [2.05, 4.69) is 37.5 Å². The minimum absolute atomic E-state index is 0.303. The summed E-state index contributed by atoms with van der Waals surface area (Å²) in [6.07, 6.45) is 7.21. The Balaban J connectivity index is 1.23. The molecule has 1 aromatic carbocycles. The van der Waals surface area contributed by atoms with Crippen molar-refractivity contribution in [2.24, 2.45) is 0 Å². The van der Waals surface area contributed by atoms with Gasteiger partial charge in [0.2, 0.25) is 0 Å². The molecule has 0 unspecified atom stereocenters. The van der Waals surface area contributed by atoms with E-state index in [0.29, 0.717) is 26.9 Å². The Labute approximate surface area is 207 Å². The number of nitrogens with one attached hydrogen (secondary N) is 2. The van der Waals surface area contributed by atoms with Gasteiger partial charge in [0, 0.05) is 48.2 Å². The van der Waals surface area contributed by atoms with E-state index < -0.39 is 0 Å². The molecule has 4 aromatic rings. The van der Waals surface area contributed by atoms with Crippen LogP contribution in [0.5, 0.6) is 5.75 Å². The Kier molecular flexibility index (Phi) is 5.36. The Hall–Kier alpha value is -2.87. The van der Waals surface area contributed by atoms with Crippen LogP contribution in [0.15, 0.2) is 48.9 Å². The molecule has 5 heterocycles. The van der Waals surface area contributed by atoms with Crippen LogP contribution in [0.2, 0.25) is 10.0 Å². The Morgan fingerprint density at radius 3 is 2.62 bits per heavy atom. The van der Waals surface area contributed by atoms with E-state index in [1.165, 1.54) is 12.8 Å². The summed E-state index contributed by atoms with van der Waals surface area (Å²) in [5.41, 5.74) is 3.73. The quantitative estimate of drug-likeness (QED) is 0.386. The maximum atomic E-state index is 6.30. The Morgan fingerprint density at radius 2 is 1.91 bits per heavy atom. The number of aromatic nitrogens is 4. The zero-order valence-corrected chi connectivity index (χ0v) is 20.2. The molecule has 9 heteroatoms. The van der Waals surface area contributed by atoms with Crippen molar-refractivity contribution in [3.63, 3.8) is 0 Å². The van der Waals surface area contributed by atoms with E-state index in [-0.39, 0.29) is 6.10 Å². The molecule has 1 atom stereocenters. The smallest absolute Gasteiger partial charge is 0.128 e. The van der Waals surface area contributed by atoms with Gasteiger partial charge >= 0.3 is 0 Å². The Bertz CT molecular complexity index is 1320. The topological polar surface area (TPSA) is 79.0 Å². The van der Waals surface area contributed by atoms with Gasteiger partial charge in [-0.15, -0.1) is 0 Å². The molecule has 1 spiro atoms. The molecular formula is C25H24Cl2N6O. The third kappa shape index (κ3) is 3.78. The van der Waals surface area contributed by atoms with E-state index in [0.717, 1.165) is 47.6 Å². The van der Waals surface area contributed by atoms with Crippen LogP contribution in [0, 0.1) is 0 Å². The van der Waals surface area contributed by atoms with Crippen molar-refractivity contribution in [1.82, 2.24) is 25.5 Å². The molecule has 0 bridgehead atoms. The van der Waals surface area contributed by atoms with E-state index >= 15 is 0 Å². The average molecular weight is 495 g/mol. The minimum Gasteiger partial charge on any atom is -0.486 e. The number of hydrogen-bond donors (Lipinski definition) is 2. The summed E-state index contributed by atoms with van der Waals surface area (Å²) in [5, 5.41) is 13.2. The second-order valence-electron chi connectivity index (χ2n) is 9.13. The summed E-state index contributed by atoms with van der Waals surface area (Å²) in [5.74, 6) is 1.71. The maximum absolute atomic E-state index is 6.30. The van der Waals surface area contributed by atoms with Crippen LogP contribution < -0.4 is 15.0 Å². The summed E-state index contributed by atoms with van der Waals surface area (Å²) in [6, 6.07) is 10.00. The lowest BCUT2D eigenvalue weighted by molar-refractivity contribution is 0.227. The van der Waals surface area contributed by atoms with E-state index in [4.69, 9.17) is 32.9 Å². The van der Waals surface area contributed by atoms with Crippen molar-refractivity contribution in [2.45, 2.75) is 31.4 Å². The van der Waals surface area contributed by atoms with Gasteiger partial charge in [-0.05, 0) is 56.6 Å². The molecule has 0 aliphatic carbocycles.